The Bertz CT molecular complexity index is 441. The number of hydrogen-bond donors (Lipinski definition) is 2. The van der Waals surface area contributed by atoms with Gasteiger partial charge < -0.3 is 15.4 Å². The summed E-state index contributed by atoms with van der Waals surface area (Å²) in [5, 5.41) is 6.70. The highest BCUT2D eigenvalue weighted by Crippen LogP contribution is 2.27. The van der Waals surface area contributed by atoms with Gasteiger partial charge in [-0.05, 0) is 36.8 Å². The van der Waals surface area contributed by atoms with E-state index < -0.39 is 0 Å². The number of nitrogens with zero attached hydrogens (tertiary/aromatic N) is 1. The number of ether oxygens (including phenoxy) is 1. The van der Waals surface area contributed by atoms with Crippen LogP contribution in [0.5, 0.6) is 0 Å². The molecule has 2 rings (SSSR count). The van der Waals surface area contributed by atoms with Gasteiger partial charge in [-0.25, -0.2) is 4.99 Å². The molecule has 110 valence electrons. The minimum Gasteiger partial charge on any atom is -0.380 e. The van der Waals surface area contributed by atoms with Crippen LogP contribution >= 0.6 is 0 Å². The molecule has 4 nitrogen and oxygen atoms in total. The van der Waals surface area contributed by atoms with Gasteiger partial charge in [0.05, 0.1) is 13.2 Å². The number of benzene rings is 1. The van der Waals surface area contributed by atoms with E-state index in [1.807, 2.05) is 0 Å². The summed E-state index contributed by atoms with van der Waals surface area (Å²) < 4.78 is 5.16. The van der Waals surface area contributed by atoms with Crippen molar-refractivity contribution in [2.24, 2.45) is 10.9 Å². The van der Waals surface area contributed by atoms with Gasteiger partial charge in [-0.1, -0.05) is 24.3 Å². The third-order valence-corrected chi connectivity index (χ3v) is 3.32. The molecule has 2 N–H and O–H groups in total. The highest BCUT2D eigenvalue weighted by molar-refractivity contribution is 5.79. The molecular weight excluding hydrogens is 250 g/mol. The predicted molar refractivity (Wildman–Crippen MR) is 82.7 cm³/mol. The molecular formula is C16H25N3O. The maximum Gasteiger partial charge on any atom is 0.191 e. The second-order valence-corrected chi connectivity index (χ2v) is 5.27. The number of nitrogens with one attached hydrogen (secondary N) is 2. The molecule has 1 aromatic carbocycles. The molecule has 1 saturated carbocycles. The summed E-state index contributed by atoms with van der Waals surface area (Å²) >= 11 is 0. The first-order chi connectivity index (χ1) is 9.81. The van der Waals surface area contributed by atoms with Crippen LogP contribution in [0.1, 0.15) is 30.9 Å². The Balaban J connectivity index is 1.90. The summed E-state index contributed by atoms with van der Waals surface area (Å²) in [6.07, 6.45) is 2.71. The van der Waals surface area contributed by atoms with Crippen LogP contribution < -0.4 is 10.6 Å². The summed E-state index contributed by atoms with van der Waals surface area (Å²) in [7, 11) is 1.72. The van der Waals surface area contributed by atoms with Gasteiger partial charge in [0.1, 0.15) is 0 Å². The van der Waals surface area contributed by atoms with Crippen molar-refractivity contribution in [2.75, 3.05) is 20.2 Å². The lowest BCUT2D eigenvalue weighted by Gasteiger charge is -2.11. The Hall–Kier alpha value is -1.55. The molecule has 0 aliphatic heterocycles. The van der Waals surface area contributed by atoms with Crippen molar-refractivity contribution in [1.82, 2.24) is 10.6 Å². The van der Waals surface area contributed by atoms with E-state index in [2.05, 4.69) is 46.8 Å². The van der Waals surface area contributed by atoms with Crippen molar-refractivity contribution in [3.8, 4) is 0 Å². The van der Waals surface area contributed by atoms with Crippen LogP contribution in [-0.2, 0) is 17.9 Å². The number of aliphatic imine (C=N–C) groups is 1. The van der Waals surface area contributed by atoms with Crippen molar-refractivity contribution in [1.29, 1.82) is 0 Å². The van der Waals surface area contributed by atoms with Crippen LogP contribution in [-0.4, -0.2) is 26.2 Å². The van der Waals surface area contributed by atoms with Crippen LogP contribution in [0.4, 0.5) is 0 Å². The van der Waals surface area contributed by atoms with Crippen molar-refractivity contribution >= 4 is 5.96 Å². The fraction of sp³-hybridized carbons (Fsp3) is 0.562. The number of methoxy groups -OCH3 is 1. The van der Waals surface area contributed by atoms with Gasteiger partial charge >= 0.3 is 0 Å². The molecule has 20 heavy (non-hydrogen) atoms. The van der Waals surface area contributed by atoms with E-state index in [1.165, 1.54) is 24.0 Å². The van der Waals surface area contributed by atoms with Crippen LogP contribution in [0.15, 0.2) is 29.3 Å². The molecule has 1 fully saturated rings. The Morgan fingerprint density at radius 1 is 1.30 bits per heavy atom. The minimum absolute atomic E-state index is 0.650. The lowest BCUT2D eigenvalue weighted by molar-refractivity contribution is 0.185. The largest absolute Gasteiger partial charge is 0.380 e. The van der Waals surface area contributed by atoms with Gasteiger partial charge in [0.2, 0.25) is 0 Å². The van der Waals surface area contributed by atoms with E-state index in [1.54, 1.807) is 7.11 Å². The van der Waals surface area contributed by atoms with Gasteiger partial charge in [0, 0.05) is 20.2 Å². The first-order valence-corrected chi connectivity index (χ1v) is 7.40. The fourth-order valence-corrected chi connectivity index (χ4v) is 2.06. The van der Waals surface area contributed by atoms with E-state index in [9.17, 15) is 0 Å². The normalized spacial score (nSPS) is 15.2. The maximum atomic E-state index is 5.16. The molecule has 1 aromatic rings. The van der Waals surface area contributed by atoms with E-state index in [4.69, 9.17) is 4.74 Å². The molecule has 1 aliphatic carbocycles. The molecule has 0 radical (unpaired) electrons. The van der Waals surface area contributed by atoms with Gasteiger partial charge in [0.25, 0.3) is 0 Å². The smallest absolute Gasteiger partial charge is 0.191 e. The Kier molecular flexibility index (Phi) is 5.87. The summed E-state index contributed by atoms with van der Waals surface area (Å²) in [6.45, 7) is 5.36. The monoisotopic (exact) mass is 275 g/mol. The zero-order valence-electron chi connectivity index (χ0n) is 12.5. The predicted octanol–water partition coefficient (Wildman–Crippen LogP) is 2.30. The fourth-order valence-electron chi connectivity index (χ4n) is 2.06. The maximum absolute atomic E-state index is 5.16. The van der Waals surface area contributed by atoms with Crippen LogP contribution in [0, 0.1) is 5.92 Å². The van der Waals surface area contributed by atoms with E-state index in [-0.39, 0.29) is 0 Å². The molecule has 4 heteroatoms. The second-order valence-electron chi connectivity index (χ2n) is 5.27. The summed E-state index contributed by atoms with van der Waals surface area (Å²) in [6, 6.07) is 8.39. The van der Waals surface area contributed by atoms with Crippen LogP contribution in [0.2, 0.25) is 0 Å². The Morgan fingerprint density at radius 2 is 2.10 bits per heavy atom. The second kappa shape index (κ2) is 7.90. The van der Waals surface area contributed by atoms with E-state index >= 15 is 0 Å². The van der Waals surface area contributed by atoms with Gasteiger partial charge in [-0.2, -0.15) is 0 Å². The average Bonchev–Trinajstić information content (AvgIpc) is 3.27. The first-order valence-electron chi connectivity index (χ1n) is 7.40. The Morgan fingerprint density at radius 3 is 2.80 bits per heavy atom. The summed E-state index contributed by atoms with van der Waals surface area (Å²) in [4.78, 5) is 4.64. The van der Waals surface area contributed by atoms with Crippen LogP contribution in [0.25, 0.3) is 0 Å². The SMILES string of the molecule is CCNC(=NCc1cccc(COC)c1)NCC1CC1. The zero-order chi connectivity index (χ0) is 14.2. The molecule has 0 bridgehead atoms. The molecule has 0 atom stereocenters. The lowest BCUT2D eigenvalue weighted by Crippen LogP contribution is -2.38. The van der Waals surface area contributed by atoms with Crippen molar-refractivity contribution in [3.05, 3.63) is 35.4 Å². The lowest BCUT2D eigenvalue weighted by atomic mass is 10.1. The van der Waals surface area contributed by atoms with Gasteiger partial charge in [-0.15, -0.1) is 0 Å². The molecule has 0 spiro atoms. The van der Waals surface area contributed by atoms with Crippen molar-refractivity contribution < 1.29 is 4.74 Å². The first kappa shape index (κ1) is 14.9. The molecule has 0 heterocycles. The number of guanidine groups is 1. The molecule has 0 saturated heterocycles. The van der Waals surface area contributed by atoms with Crippen LogP contribution in [0.3, 0.4) is 0 Å². The van der Waals surface area contributed by atoms with Crippen molar-refractivity contribution in [2.45, 2.75) is 32.9 Å². The quantitative estimate of drug-likeness (QED) is 0.593. The Labute approximate surface area is 121 Å². The third kappa shape index (κ3) is 5.21. The number of rotatable bonds is 7. The average molecular weight is 275 g/mol. The molecule has 0 aromatic heterocycles. The highest BCUT2D eigenvalue weighted by atomic mass is 16.5. The molecule has 0 unspecified atom stereocenters. The topological polar surface area (TPSA) is 45.7 Å². The minimum atomic E-state index is 0.650. The van der Waals surface area contributed by atoms with Crippen molar-refractivity contribution in [3.63, 3.8) is 0 Å². The van der Waals surface area contributed by atoms with E-state index in [0.717, 1.165) is 25.0 Å². The third-order valence-electron chi connectivity index (χ3n) is 3.32. The summed E-state index contributed by atoms with van der Waals surface area (Å²) in [5.41, 5.74) is 2.40. The molecule has 1 aliphatic rings. The standard InChI is InChI=1S/C16H25N3O/c1-3-17-16(18-10-13-7-8-13)19-11-14-5-4-6-15(9-14)12-20-2/h4-6,9,13H,3,7-8,10-12H2,1-2H3,(H2,17,18,19). The van der Waals surface area contributed by atoms with Gasteiger partial charge in [0.15, 0.2) is 5.96 Å². The highest BCUT2D eigenvalue weighted by Gasteiger charge is 2.20. The molecule has 0 amide bonds. The van der Waals surface area contributed by atoms with E-state index in [0.29, 0.717) is 13.2 Å². The number of hydrogen-bond acceptors (Lipinski definition) is 2. The van der Waals surface area contributed by atoms with Gasteiger partial charge in [-0.3, -0.25) is 0 Å². The summed E-state index contributed by atoms with van der Waals surface area (Å²) in [5.74, 6) is 1.76. The zero-order valence-corrected chi connectivity index (χ0v) is 12.5.